The van der Waals surface area contributed by atoms with E-state index in [9.17, 15) is 4.79 Å². The molecule has 0 atom stereocenters. The smallest absolute Gasteiger partial charge is 0.233 e. The van der Waals surface area contributed by atoms with Gasteiger partial charge in [0.05, 0.1) is 0 Å². The lowest BCUT2D eigenvalue weighted by Crippen LogP contribution is -2.41. The van der Waals surface area contributed by atoms with Gasteiger partial charge in [0, 0.05) is 31.9 Å². The molecule has 0 radical (unpaired) electrons. The molecule has 1 fully saturated rings. The quantitative estimate of drug-likeness (QED) is 0.287. The van der Waals surface area contributed by atoms with Crippen LogP contribution in [-0.4, -0.2) is 33.3 Å². The highest BCUT2D eigenvalue weighted by atomic mass is 16.4. The first-order valence-corrected chi connectivity index (χ1v) is 5.83. The van der Waals surface area contributed by atoms with Gasteiger partial charge in [-0.15, -0.1) is 0 Å². The summed E-state index contributed by atoms with van der Waals surface area (Å²) in [5.74, 6) is -0.166. The highest BCUT2D eigenvalue weighted by Gasteiger charge is 2.54. The molecule has 1 aromatic heterocycles. The molecule has 2 rings (SSSR count). The number of hydrogen-bond acceptors (Lipinski definition) is 4. The number of nitrogens with zero attached hydrogens (tertiary/aromatic N) is 3. The highest BCUT2D eigenvalue weighted by Crippen LogP contribution is 2.45. The Labute approximate surface area is 105 Å². The van der Waals surface area contributed by atoms with Crippen molar-refractivity contribution in [1.82, 2.24) is 15.1 Å². The van der Waals surface area contributed by atoms with Crippen molar-refractivity contribution in [2.24, 2.45) is 23.4 Å². The average molecular weight is 251 g/mol. The zero-order valence-electron chi connectivity index (χ0n) is 10.3. The van der Waals surface area contributed by atoms with E-state index in [1.54, 1.807) is 10.9 Å². The van der Waals surface area contributed by atoms with Gasteiger partial charge in [0.2, 0.25) is 5.91 Å². The van der Waals surface area contributed by atoms with Gasteiger partial charge in [0.15, 0.2) is 5.84 Å². The standard InChI is InChI=1S/C11H17N5O2/c1-16-8(3-7-14-16)2-6-13-10(17)11(4-5-11)9(12)15-18/h3,7,18H,2,4-6H2,1H3,(H2,12,15)(H,13,17). The predicted octanol–water partition coefficient (Wildman–Crippen LogP) is -0.395. The lowest BCUT2D eigenvalue weighted by atomic mass is 10.1. The van der Waals surface area contributed by atoms with Gasteiger partial charge >= 0.3 is 0 Å². The third-order valence-electron chi connectivity index (χ3n) is 3.37. The minimum atomic E-state index is -0.777. The van der Waals surface area contributed by atoms with Gasteiger partial charge in [0.25, 0.3) is 0 Å². The van der Waals surface area contributed by atoms with Crippen LogP contribution in [0.2, 0.25) is 0 Å². The second-order valence-corrected chi connectivity index (χ2v) is 4.52. The molecule has 0 saturated heterocycles. The topological polar surface area (TPSA) is 106 Å². The minimum absolute atomic E-state index is 0.000494. The summed E-state index contributed by atoms with van der Waals surface area (Å²) in [7, 11) is 1.86. The average Bonchev–Trinajstić information content (AvgIpc) is 3.09. The van der Waals surface area contributed by atoms with E-state index in [4.69, 9.17) is 10.9 Å². The molecule has 1 aliphatic rings. The largest absolute Gasteiger partial charge is 0.409 e. The van der Waals surface area contributed by atoms with Crippen LogP contribution in [0.4, 0.5) is 0 Å². The summed E-state index contributed by atoms with van der Waals surface area (Å²) in [5.41, 5.74) is 5.80. The zero-order valence-corrected chi connectivity index (χ0v) is 10.3. The lowest BCUT2D eigenvalue weighted by Gasteiger charge is -2.13. The first-order chi connectivity index (χ1) is 8.60. The molecular formula is C11H17N5O2. The van der Waals surface area contributed by atoms with Gasteiger partial charge in [-0.2, -0.15) is 5.10 Å². The number of aryl methyl sites for hydroxylation is 1. The molecule has 0 unspecified atom stereocenters. The molecule has 4 N–H and O–H groups in total. The number of rotatable bonds is 5. The van der Waals surface area contributed by atoms with E-state index >= 15 is 0 Å². The molecule has 7 heteroatoms. The van der Waals surface area contributed by atoms with Gasteiger partial charge in [-0.05, 0) is 18.9 Å². The minimum Gasteiger partial charge on any atom is -0.409 e. The fourth-order valence-electron chi connectivity index (χ4n) is 1.94. The van der Waals surface area contributed by atoms with Gasteiger partial charge in [-0.25, -0.2) is 0 Å². The third kappa shape index (κ3) is 2.15. The predicted molar refractivity (Wildman–Crippen MR) is 65.0 cm³/mol. The first kappa shape index (κ1) is 12.4. The number of nitrogens with one attached hydrogen (secondary N) is 1. The number of amides is 1. The first-order valence-electron chi connectivity index (χ1n) is 5.83. The van der Waals surface area contributed by atoms with Crippen LogP contribution in [-0.2, 0) is 18.3 Å². The highest BCUT2D eigenvalue weighted by molar-refractivity contribution is 6.09. The molecule has 1 aliphatic carbocycles. The number of amidine groups is 1. The summed E-state index contributed by atoms with van der Waals surface area (Å²) >= 11 is 0. The molecule has 1 amide bonds. The maximum absolute atomic E-state index is 11.9. The van der Waals surface area contributed by atoms with Crippen LogP contribution >= 0.6 is 0 Å². The van der Waals surface area contributed by atoms with Crippen molar-refractivity contribution in [1.29, 1.82) is 0 Å². The van der Waals surface area contributed by atoms with Crippen LogP contribution in [0, 0.1) is 5.41 Å². The van der Waals surface area contributed by atoms with Gasteiger partial charge in [-0.1, -0.05) is 5.16 Å². The third-order valence-corrected chi connectivity index (χ3v) is 3.37. The van der Waals surface area contributed by atoms with Crippen LogP contribution in [0.3, 0.4) is 0 Å². The fraction of sp³-hybridized carbons (Fsp3) is 0.545. The molecule has 1 saturated carbocycles. The van der Waals surface area contributed by atoms with E-state index in [2.05, 4.69) is 15.6 Å². The summed E-state index contributed by atoms with van der Waals surface area (Å²) in [6.07, 6.45) is 3.70. The summed E-state index contributed by atoms with van der Waals surface area (Å²) in [4.78, 5) is 11.9. The van der Waals surface area contributed by atoms with Crippen molar-refractivity contribution in [3.63, 3.8) is 0 Å². The van der Waals surface area contributed by atoms with Crippen LogP contribution in [0.15, 0.2) is 17.4 Å². The number of aromatic nitrogens is 2. The van der Waals surface area contributed by atoms with Crippen LogP contribution in [0.1, 0.15) is 18.5 Å². The monoisotopic (exact) mass is 251 g/mol. The Hall–Kier alpha value is -2.05. The normalized spacial score (nSPS) is 17.5. The summed E-state index contributed by atoms with van der Waals surface area (Å²) in [6.45, 7) is 0.513. The Morgan fingerprint density at radius 3 is 2.94 bits per heavy atom. The van der Waals surface area contributed by atoms with Crippen molar-refractivity contribution < 1.29 is 10.0 Å². The Morgan fingerprint density at radius 1 is 1.72 bits per heavy atom. The molecule has 7 nitrogen and oxygen atoms in total. The van der Waals surface area contributed by atoms with Crippen molar-refractivity contribution in [2.45, 2.75) is 19.3 Å². The van der Waals surface area contributed by atoms with Crippen LogP contribution < -0.4 is 11.1 Å². The van der Waals surface area contributed by atoms with E-state index in [1.807, 2.05) is 13.1 Å². The molecule has 1 aromatic rings. The van der Waals surface area contributed by atoms with Crippen molar-refractivity contribution in [3.05, 3.63) is 18.0 Å². The van der Waals surface area contributed by atoms with Crippen molar-refractivity contribution >= 4 is 11.7 Å². The molecule has 0 spiro atoms. The number of carbonyl (C=O) groups is 1. The molecule has 98 valence electrons. The van der Waals surface area contributed by atoms with E-state index in [0.717, 1.165) is 5.69 Å². The molecular weight excluding hydrogens is 234 g/mol. The van der Waals surface area contributed by atoms with Gasteiger partial charge < -0.3 is 16.3 Å². The van der Waals surface area contributed by atoms with E-state index < -0.39 is 5.41 Å². The molecule has 1 heterocycles. The van der Waals surface area contributed by atoms with Crippen LogP contribution in [0.25, 0.3) is 0 Å². The number of nitrogens with two attached hydrogens (primary N) is 1. The number of hydrogen-bond donors (Lipinski definition) is 3. The van der Waals surface area contributed by atoms with Crippen molar-refractivity contribution in [3.8, 4) is 0 Å². The Bertz CT molecular complexity index is 476. The Kier molecular flexibility index (Phi) is 3.22. The molecule has 0 aliphatic heterocycles. The maximum Gasteiger partial charge on any atom is 0.233 e. The lowest BCUT2D eigenvalue weighted by molar-refractivity contribution is -0.124. The van der Waals surface area contributed by atoms with Crippen LogP contribution in [0.5, 0.6) is 0 Å². The number of oxime groups is 1. The van der Waals surface area contributed by atoms with E-state index in [1.165, 1.54) is 0 Å². The van der Waals surface area contributed by atoms with Gasteiger partial charge in [-0.3, -0.25) is 9.48 Å². The summed E-state index contributed by atoms with van der Waals surface area (Å²) in [5, 5.41) is 18.4. The Balaban J connectivity index is 1.85. The second-order valence-electron chi connectivity index (χ2n) is 4.52. The molecule has 18 heavy (non-hydrogen) atoms. The SMILES string of the molecule is Cn1nccc1CCNC(=O)C1(/C(N)=N/O)CC1. The maximum atomic E-state index is 11.9. The fourth-order valence-corrected chi connectivity index (χ4v) is 1.94. The molecule has 0 bridgehead atoms. The Morgan fingerprint density at radius 2 is 2.44 bits per heavy atom. The zero-order chi connectivity index (χ0) is 13.2. The van der Waals surface area contributed by atoms with Crippen molar-refractivity contribution in [2.75, 3.05) is 6.54 Å². The number of carbonyl (C=O) groups excluding carboxylic acids is 1. The van der Waals surface area contributed by atoms with E-state index in [0.29, 0.717) is 25.8 Å². The summed E-state index contributed by atoms with van der Waals surface area (Å²) < 4.78 is 1.77. The van der Waals surface area contributed by atoms with E-state index in [-0.39, 0.29) is 11.7 Å². The summed E-state index contributed by atoms with van der Waals surface area (Å²) in [6, 6.07) is 1.91. The van der Waals surface area contributed by atoms with Gasteiger partial charge in [0.1, 0.15) is 5.41 Å². The second kappa shape index (κ2) is 4.67. The molecule has 0 aromatic carbocycles.